The van der Waals surface area contributed by atoms with Crippen molar-refractivity contribution in [3.63, 3.8) is 0 Å². The fourth-order valence-electron chi connectivity index (χ4n) is 2.10. The van der Waals surface area contributed by atoms with E-state index in [1.54, 1.807) is 6.20 Å². The van der Waals surface area contributed by atoms with Crippen LogP contribution in [0.1, 0.15) is 0 Å². The first-order chi connectivity index (χ1) is 8.66. The predicted octanol–water partition coefficient (Wildman–Crippen LogP) is 2.43. The van der Waals surface area contributed by atoms with E-state index < -0.39 is 13.0 Å². The first-order valence-corrected chi connectivity index (χ1v) is 5.44. The summed E-state index contributed by atoms with van der Waals surface area (Å²) >= 11 is 0. The van der Waals surface area contributed by atoms with E-state index in [1.165, 1.54) is 4.57 Å². The highest BCUT2D eigenvalue weighted by Gasteiger charge is 2.15. The molecule has 0 aliphatic heterocycles. The van der Waals surface area contributed by atoms with Crippen molar-refractivity contribution in [2.75, 3.05) is 5.73 Å². The van der Waals surface area contributed by atoms with E-state index in [2.05, 4.69) is 9.97 Å². The van der Waals surface area contributed by atoms with E-state index in [0.717, 1.165) is 10.9 Å². The van der Waals surface area contributed by atoms with Gasteiger partial charge in [-0.2, -0.15) is 0 Å². The van der Waals surface area contributed by atoms with Crippen LogP contribution in [0.25, 0.3) is 21.9 Å². The van der Waals surface area contributed by atoms with Gasteiger partial charge in [0.1, 0.15) is 5.52 Å². The summed E-state index contributed by atoms with van der Waals surface area (Å²) in [5.41, 5.74) is 7.56. The molecule has 0 aliphatic rings. The second-order valence-electron chi connectivity index (χ2n) is 3.98. The molecule has 0 saturated heterocycles. The summed E-state index contributed by atoms with van der Waals surface area (Å²) in [6, 6.07) is 7.33. The molecule has 3 rings (SSSR count). The number of anilines is 1. The minimum absolute atomic E-state index is 0.0865. The zero-order valence-electron chi connectivity index (χ0n) is 9.35. The van der Waals surface area contributed by atoms with Crippen LogP contribution in [0.2, 0.25) is 0 Å². The average Bonchev–Trinajstić information content (AvgIpc) is 2.66. The maximum Gasteiger partial charge on any atom is 0.256 e. The van der Waals surface area contributed by atoms with Crippen molar-refractivity contribution in [2.45, 2.75) is 13.0 Å². The number of nitrogen functional groups attached to an aromatic ring is 1. The van der Waals surface area contributed by atoms with Crippen molar-refractivity contribution >= 4 is 27.9 Å². The smallest absolute Gasteiger partial charge is 0.256 e. The zero-order chi connectivity index (χ0) is 12.7. The molecule has 0 radical (unpaired) electrons. The number of alkyl halides is 2. The Morgan fingerprint density at radius 1 is 1.22 bits per heavy atom. The fraction of sp³-hybridized carbons (Fsp3) is 0.167. The largest absolute Gasteiger partial charge is 0.369 e. The molecule has 0 atom stereocenters. The van der Waals surface area contributed by atoms with Gasteiger partial charge in [-0.25, -0.2) is 13.8 Å². The first-order valence-electron chi connectivity index (χ1n) is 5.44. The third kappa shape index (κ3) is 1.57. The second kappa shape index (κ2) is 3.90. The van der Waals surface area contributed by atoms with Gasteiger partial charge < -0.3 is 10.3 Å². The van der Waals surface area contributed by atoms with E-state index in [-0.39, 0.29) is 5.95 Å². The Labute approximate surface area is 101 Å². The lowest BCUT2D eigenvalue weighted by Crippen LogP contribution is -2.09. The first kappa shape index (κ1) is 10.9. The highest BCUT2D eigenvalue weighted by atomic mass is 19.3. The standard InChI is InChI=1S/C12H10F2N4/c13-10(14)6-18-11-7-3-1-2-4-8(7)16-5-9(11)17-12(18)15/h1-5,10H,6H2,(H2,15,17). The zero-order valence-corrected chi connectivity index (χ0v) is 9.35. The minimum atomic E-state index is -2.48. The van der Waals surface area contributed by atoms with Gasteiger partial charge in [0, 0.05) is 5.39 Å². The number of imidazole rings is 1. The van der Waals surface area contributed by atoms with Crippen LogP contribution < -0.4 is 5.73 Å². The summed E-state index contributed by atoms with van der Waals surface area (Å²) in [4.78, 5) is 8.29. The number of para-hydroxylation sites is 1. The third-order valence-corrected chi connectivity index (χ3v) is 2.83. The number of aromatic nitrogens is 3. The number of pyridine rings is 1. The van der Waals surface area contributed by atoms with Gasteiger partial charge in [-0.15, -0.1) is 0 Å². The summed E-state index contributed by atoms with van der Waals surface area (Å²) < 4.78 is 26.5. The van der Waals surface area contributed by atoms with Gasteiger partial charge in [-0.1, -0.05) is 18.2 Å². The third-order valence-electron chi connectivity index (χ3n) is 2.83. The molecule has 0 unspecified atom stereocenters. The molecule has 18 heavy (non-hydrogen) atoms. The molecule has 2 aromatic heterocycles. The van der Waals surface area contributed by atoms with E-state index in [4.69, 9.17) is 5.73 Å². The lowest BCUT2D eigenvalue weighted by molar-refractivity contribution is 0.129. The highest BCUT2D eigenvalue weighted by Crippen LogP contribution is 2.26. The molecule has 4 nitrogen and oxygen atoms in total. The minimum Gasteiger partial charge on any atom is -0.369 e. The van der Waals surface area contributed by atoms with Crippen molar-refractivity contribution in [2.24, 2.45) is 0 Å². The molecule has 6 heteroatoms. The quantitative estimate of drug-likeness (QED) is 0.757. The van der Waals surface area contributed by atoms with Gasteiger partial charge in [-0.05, 0) is 6.07 Å². The molecule has 0 amide bonds. The van der Waals surface area contributed by atoms with Crippen molar-refractivity contribution in [1.29, 1.82) is 0 Å². The molecule has 0 saturated carbocycles. The van der Waals surface area contributed by atoms with Gasteiger partial charge in [0.25, 0.3) is 6.43 Å². The summed E-state index contributed by atoms with van der Waals surface area (Å²) in [6.07, 6.45) is -0.924. The number of benzene rings is 1. The molecule has 92 valence electrons. The summed E-state index contributed by atoms with van der Waals surface area (Å²) in [5, 5.41) is 0.778. The lowest BCUT2D eigenvalue weighted by Gasteiger charge is -2.06. The van der Waals surface area contributed by atoms with Gasteiger partial charge in [0.05, 0.1) is 23.8 Å². The van der Waals surface area contributed by atoms with Gasteiger partial charge in [-0.3, -0.25) is 4.98 Å². The van der Waals surface area contributed by atoms with Gasteiger partial charge >= 0.3 is 0 Å². The van der Waals surface area contributed by atoms with E-state index in [1.807, 2.05) is 24.3 Å². The molecular formula is C12H10F2N4. The SMILES string of the molecule is Nc1nc2cnc3ccccc3c2n1CC(F)F. The van der Waals surface area contributed by atoms with Gasteiger partial charge in [0.2, 0.25) is 5.95 Å². The van der Waals surface area contributed by atoms with Crippen LogP contribution in [-0.4, -0.2) is 21.0 Å². The van der Waals surface area contributed by atoms with E-state index >= 15 is 0 Å². The van der Waals surface area contributed by atoms with Crippen LogP contribution in [0.3, 0.4) is 0 Å². The summed E-state index contributed by atoms with van der Waals surface area (Å²) in [6.45, 7) is -0.462. The van der Waals surface area contributed by atoms with Crippen molar-refractivity contribution < 1.29 is 8.78 Å². The number of halogens is 2. The van der Waals surface area contributed by atoms with Crippen molar-refractivity contribution in [3.8, 4) is 0 Å². The number of fused-ring (bicyclic) bond motifs is 3. The van der Waals surface area contributed by atoms with Crippen molar-refractivity contribution in [1.82, 2.24) is 14.5 Å². The summed E-state index contributed by atoms with van der Waals surface area (Å²) in [5.74, 6) is 0.0865. The van der Waals surface area contributed by atoms with Crippen molar-refractivity contribution in [3.05, 3.63) is 30.5 Å². The molecular weight excluding hydrogens is 238 g/mol. The number of hydrogen-bond acceptors (Lipinski definition) is 3. The fourth-order valence-corrected chi connectivity index (χ4v) is 2.10. The molecule has 1 aromatic carbocycles. The van der Waals surface area contributed by atoms with Crippen LogP contribution in [0.5, 0.6) is 0 Å². The van der Waals surface area contributed by atoms with E-state index in [9.17, 15) is 8.78 Å². The Hall–Kier alpha value is -2.24. The predicted molar refractivity (Wildman–Crippen MR) is 65.5 cm³/mol. The summed E-state index contributed by atoms with van der Waals surface area (Å²) in [7, 11) is 0. The van der Waals surface area contributed by atoms with Gasteiger partial charge in [0.15, 0.2) is 0 Å². The molecule has 0 spiro atoms. The maximum absolute atomic E-state index is 12.6. The van der Waals surface area contributed by atoms with Crippen LogP contribution >= 0.6 is 0 Å². The Morgan fingerprint density at radius 2 is 2.00 bits per heavy atom. The topological polar surface area (TPSA) is 56.7 Å². The number of nitrogens with two attached hydrogens (primary N) is 1. The Kier molecular flexibility index (Phi) is 2.36. The molecule has 0 fully saturated rings. The molecule has 3 aromatic rings. The maximum atomic E-state index is 12.6. The molecule has 2 heterocycles. The Balaban J connectivity index is 2.39. The molecule has 2 N–H and O–H groups in total. The normalized spacial score (nSPS) is 11.7. The Bertz CT molecular complexity index is 720. The number of hydrogen-bond donors (Lipinski definition) is 1. The van der Waals surface area contributed by atoms with Crippen LogP contribution in [0.15, 0.2) is 30.5 Å². The number of nitrogens with zero attached hydrogens (tertiary/aromatic N) is 3. The number of rotatable bonds is 2. The molecule has 0 aliphatic carbocycles. The van der Waals surface area contributed by atoms with E-state index in [0.29, 0.717) is 11.0 Å². The highest BCUT2D eigenvalue weighted by molar-refractivity contribution is 6.02. The van der Waals surface area contributed by atoms with Crippen LogP contribution in [-0.2, 0) is 6.54 Å². The average molecular weight is 248 g/mol. The lowest BCUT2D eigenvalue weighted by atomic mass is 10.2. The molecule has 0 bridgehead atoms. The monoisotopic (exact) mass is 248 g/mol. The Morgan fingerprint density at radius 3 is 2.78 bits per heavy atom. The van der Waals surface area contributed by atoms with Crippen LogP contribution in [0, 0.1) is 0 Å². The van der Waals surface area contributed by atoms with Crippen LogP contribution in [0.4, 0.5) is 14.7 Å². The second-order valence-corrected chi connectivity index (χ2v) is 3.98.